The molecule has 1 heterocycles. The van der Waals surface area contributed by atoms with Crippen LogP contribution in [0.15, 0.2) is 24.4 Å². The number of aryl methyl sites for hydroxylation is 1. The summed E-state index contributed by atoms with van der Waals surface area (Å²) < 4.78 is 7.16. The number of rotatable bonds is 5. The third-order valence-corrected chi connectivity index (χ3v) is 2.73. The Labute approximate surface area is 98.8 Å². The maximum atomic E-state index is 11.0. The Kier molecular flexibility index (Phi) is 3.23. The summed E-state index contributed by atoms with van der Waals surface area (Å²) in [6.45, 7) is 0.550. The van der Waals surface area contributed by atoms with Crippen LogP contribution in [0, 0.1) is 0 Å². The van der Waals surface area contributed by atoms with Gasteiger partial charge in [-0.3, -0.25) is 4.79 Å². The van der Waals surface area contributed by atoms with Gasteiger partial charge in [0.15, 0.2) is 6.29 Å². The standard InChI is InChI=1S/C13H13NO3/c1-17-12-5-2-4-11-10(9-16)8-14(13(11)12)6-3-7-15/h2,4-5,7-9H,3,6H2,1H3. The second kappa shape index (κ2) is 4.82. The van der Waals surface area contributed by atoms with Crippen molar-refractivity contribution in [3.63, 3.8) is 0 Å². The molecule has 0 aliphatic carbocycles. The molecule has 0 spiro atoms. The molecule has 4 heteroatoms. The van der Waals surface area contributed by atoms with Gasteiger partial charge in [-0.1, -0.05) is 12.1 Å². The third-order valence-electron chi connectivity index (χ3n) is 2.73. The SMILES string of the molecule is COc1cccc2c(C=O)cn(CCC=O)c12. The summed E-state index contributed by atoms with van der Waals surface area (Å²) in [5.41, 5.74) is 1.48. The van der Waals surface area contributed by atoms with Crippen molar-refractivity contribution in [2.75, 3.05) is 7.11 Å². The molecule has 0 bridgehead atoms. The number of aromatic nitrogens is 1. The van der Waals surface area contributed by atoms with Gasteiger partial charge < -0.3 is 14.1 Å². The summed E-state index contributed by atoms with van der Waals surface area (Å²) >= 11 is 0. The highest BCUT2D eigenvalue weighted by atomic mass is 16.5. The number of methoxy groups -OCH3 is 1. The van der Waals surface area contributed by atoms with E-state index in [1.54, 1.807) is 13.3 Å². The minimum atomic E-state index is 0.417. The van der Waals surface area contributed by atoms with Crippen LogP contribution in [0.1, 0.15) is 16.8 Å². The number of hydrogen-bond acceptors (Lipinski definition) is 3. The zero-order valence-electron chi connectivity index (χ0n) is 9.55. The maximum absolute atomic E-state index is 11.0. The molecule has 0 radical (unpaired) electrons. The zero-order valence-corrected chi connectivity index (χ0v) is 9.55. The Morgan fingerprint density at radius 1 is 1.35 bits per heavy atom. The molecule has 0 unspecified atom stereocenters. The fraction of sp³-hybridized carbons (Fsp3) is 0.231. The summed E-state index contributed by atoms with van der Waals surface area (Å²) in [5, 5.41) is 0.852. The molecule has 0 saturated heterocycles. The predicted octanol–water partition coefficient (Wildman–Crippen LogP) is 2.05. The minimum absolute atomic E-state index is 0.417. The molecule has 1 aromatic carbocycles. The second-order valence-electron chi connectivity index (χ2n) is 3.71. The Bertz CT molecular complexity index is 557. The van der Waals surface area contributed by atoms with Crippen LogP contribution < -0.4 is 4.74 Å². The molecular formula is C13H13NO3. The lowest BCUT2D eigenvalue weighted by molar-refractivity contribution is -0.108. The van der Waals surface area contributed by atoms with Crippen LogP contribution in [0.25, 0.3) is 10.9 Å². The average Bonchev–Trinajstić information content (AvgIpc) is 2.74. The van der Waals surface area contributed by atoms with Gasteiger partial charge in [0, 0.05) is 30.1 Å². The van der Waals surface area contributed by atoms with E-state index < -0.39 is 0 Å². The van der Waals surface area contributed by atoms with E-state index in [0.29, 0.717) is 24.3 Å². The number of hydrogen-bond donors (Lipinski definition) is 0. The van der Waals surface area contributed by atoms with E-state index >= 15 is 0 Å². The smallest absolute Gasteiger partial charge is 0.152 e. The molecule has 2 aromatic rings. The minimum Gasteiger partial charge on any atom is -0.495 e. The first kappa shape index (κ1) is 11.4. The van der Waals surface area contributed by atoms with Gasteiger partial charge in [-0.25, -0.2) is 0 Å². The van der Waals surface area contributed by atoms with Crippen LogP contribution in [0.3, 0.4) is 0 Å². The zero-order chi connectivity index (χ0) is 12.3. The Hall–Kier alpha value is -2.10. The van der Waals surface area contributed by atoms with Crippen molar-refractivity contribution < 1.29 is 14.3 Å². The highest BCUT2D eigenvalue weighted by molar-refractivity contribution is 6.00. The second-order valence-corrected chi connectivity index (χ2v) is 3.71. The topological polar surface area (TPSA) is 48.3 Å². The number of ether oxygens (including phenoxy) is 1. The molecular weight excluding hydrogens is 218 g/mol. The maximum Gasteiger partial charge on any atom is 0.152 e. The van der Waals surface area contributed by atoms with Gasteiger partial charge in [-0.15, -0.1) is 0 Å². The van der Waals surface area contributed by atoms with E-state index in [1.165, 1.54) is 0 Å². The first-order valence-electron chi connectivity index (χ1n) is 5.36. The van der Waals surface area contributed by atoms with Gasteiger partial charge in [-0.05, 0) is 6.07 Å². The molecule has 2 rings (SSSR count). The van der Waals surface area contributed by atoms with Crippen molar-refractivity contribution in [2.24, 2.45) is 0 Å². The molecule has 4 nitrogen and oxygen atoms in total. The Morgan fingerprint density at radius 3 is 2.82 bits per heavy atom. The number of carbonyl (C=O) groups is 2. The van der Waals surface area contributed by atoms with Crippen LogP contribution >= 0.6 is 0 Å². The Balaban J connectivity index is 2.65. The normalized spacial score (nSPS) is 10.4. The van der Waals surface area contributed by atoms with Gasteiger partial charge in [-0.2, -0.15) is 0 Å². The quantitative estimate of drug-likeness (QED) is 0.740. The molecule has 1 aromatic heterocycles. The summed E-state index contributed by atoms with van der Waals surface area (Å²) in [5.74, 6) is 0.710. The van der Waals surface area contributed by atoms with E-state index in [1.807, 2.05) is 22.8 Å². The van der Waals surface area contributed by atoms with E-state index in [0.717, 1.165) is 23.5 Å². The Morgan fingerprint density at radius 2 is 2.18 bits per heavy atom. The molecule has 17 heavy (non-hydrogen) atoms. The number of fused-ring (bicyclic) bond motifs is 1. The first-order chi connectivity index (χ1) is 8.31. The van der Waals surface area contributed by atoms with Crippen molar-refractivity contribution in [1.29, 1.82) is 0 Å². The van der Waals surface area contributed by atoms with Gasteiger partial charge in [0.2, 0.25) is 0 Å². The van der Waals surface area contributed by atoms with Crippen LogP contribution in [0.2, 0.25) is 0 Å². The van der Waals surface area contributed by atoms with E-state index in [4.69, 9.17) is 4.74 Å². The summed E-state index contributed by atoms with van der Waals surface area (Å²) in [4.78, 5) is 21.4. The molecule has 0 N–H and O–H groups in total. The van der Waals surface area contributed by atoms with Gasteiger partial charge >= 0.3 is 0 Å². The molecule has 0 atom stereocenters. The largest absolute Gasteiger partial charge is 0.495 e. The van der Waals surface area contributed by atoms with Gasteiger partial charge in [0.05, 0.1) is 12.6 Å². The lowest BCUT2D eigenvalue weighted by atomic mass is 10.2. The van der Waals surface area contributed by atoms with E-state index in [9.17, 15) is 9.59 Å². The van der Waals surface area contributed by atoms with Crippen LogP contribution in [-0.4, -0.2) is 24.2 Å². The average molecular weight is 231 g/mol. The molecule has 0 fully saturated rings. The van der Waals surface area contributed by atoms with Crippen LogP contribution in [0.4, 0.5) is 0 Å². The summed E-state index contributed by atoms with van der Waals surface area (Å²) in [7, 11) is 1.59. The fourth-order valence-electron chi connectivity index (χ4n) is 1.98. The van der Waals surface area contributed by atoms with Crippen LogP contribution in [-0.2, 0) is 11.3 Å². The summed E-state index contributed by atoms with van der Waals surface area (Å²) in [6.07, 6.45) is 3.85. The predicted molar refractivity (Wildman–Crippen MR) is 64.6 cm³/mol. The summed E-state index contributed by atoms with van der Waals surface area (Å²) in [6, 6.07) is 5.56. The number of aldehydes is 2. The monoisotopic (exact) mass is 231 g/mol. The number of carbonyl (C=O) groups excluding carboxylic acids is 2. The molecule has 88 valence electrons. The van der Waals surface area contributed by atoms with Crippen molar-refractivity contribution in [2.45, 2.75) is 13.0 Å². The highest BCUT2D eigenvalue weighted by Gasteiger charge is 2.11. The molecule has 0 aliphatic rings. The number of nitrogens with zero attached hydrogens (tertiary/aromatic N) is 1. The lowest BCUT2D eigenvalue weighted by Crippen LogP contribution is -1.98. The van der Waals surface area contributed by atoms with E-state index in [2.05, 4.69) is 0 Å². The highest BCUT2D eigenvalue weighted by Crippen LogP contribution is 2.29. The molecule has 0 aliphatic heterocycles. The fourth-order valence-corrected chi connectivity index (χ4v) is 1.98. The third kappa shape index (κ3) is 1.93. The van der Waals surface area contributed by atoms with Gasteiger partial charge in [0.1, 0.15) is 12.0 Å². The number of para-hydroxylation sites is 1. The molecule has 0 amide bonds. The molecule has 0 saturated carbocycles. The van der Waals surface area contributed by atoms with Crippen molar-refractivity contribution in [1.82, 2.24) is 4.57 Å². The van der Waals surface area contributed by atoms with Crippen molar-refractivity contribution in [3.05, 3.63) is 30.0 Å². The van der Waals surface area contributed by atoms with Crippen molar-refractivity contribution in [3.8, 4) is 5.75 Å². The van der Waals surface area contributed by atoms with Crippen molar-refractivity contribution >= 4 is 23.5 Å². The first-order valence-corrected chi connectivity index (χ1v) is 5.36. The van der Waals surface area contributed by atoms with Crippen LogP contribution in [0.5, 0.6) is 5.75 Å². The lowest BCUT2D eigenvalue weighted by Gasteiger charge is -2.06. The number of benzene rings is 1. The van der Waals surface area contributed by atoms with Gasteiger partial charge in [0.25, 0.3) is 0 Å². The van der Waals surface area contributed by atoms with E-state index in [-0.39, 0.29) is 0 Å².